The highest BCUT2D eigenvalue weighted by Gasteiger charge is 2.45. The molecule has 0 bridgehead atoms. The van der Waals surface area contributed by atoms with E-state index in [1.165, 1.54) is 57.7 Å². The molecule has 5 aliphatic heterocycles. The third-order valence-electron chi connectivity index (χ3n) is 27.4. The Kier molecular flexibility index (Phi) is 24.5. The largest absolute Gasteiger partial charge is 0.573 e. The smallest absolute Gasteiger partial charge is 0.508 e. The molecule has 127 heavy (non-hydrogen) atoms. The summed E-state index contributed by atoms with van der Waals surface area (Å²) in [4.78, 5) is 11.7. The van der Waals surface area contributed by atoms with Crippen molar-refractivity contribution >= 4 is 0 Å². The van der Waals surface area contributed by atoms with Crippen molar-refractivity contribution in [2.45, 2.75) is 162 Å². The van der Waals surface area contributed by atoms with Gasteiger partial charge in [-0.2, -0.15) is 5.26 Å². The van der Waals surface area contributed by atoms with E-state index in [0.717, 1.165) is 201 Å². The van der Waals surface area contributed by atoms with E-state index in [2.05, 4.69) is 69.6 Å². The zero-order valence-electron chi connectivity index (χ0n) is 75.1. The molecule has 10 aromatic carbocycles. The molecule has 5 unspecified atom stereocenters. The maximum absolute atomic E-state index is 13.0. The van der Waals surface area contributed by atoms with Crippen LogP contribution in [0.15, 0.2) is 91.0 Å². The average molecular weight is 1740 g/mol. The Morgan fingerprint density at radius 3 is 0.913 bits per heavy atom. The number of methoxy groups -OCH3 is 3. The molecule has 22 nitrogen and oxygen atoms in total. The van der Waals surface area contributed by atoms with Crippen LogP contribution in [0, 0.1) is 45.9 Å². The fraction of sp³-hybridized carbons (Fsp3) is 0.402. The van der Waals surface area contributed by atoms with E-state index < -0.39 is 6.36 Å². The van der Waals surface area contributed by atoms with Crippen LogP contribution >= 0.6 is 0 Å². The minimum absolute atomic E-state index is 0.0145. The number of ether oxygens (including phenoxy) is 8. The van der Waals surface area contributed by atoms with Gasteiger partial charge >= 0.3 is 6.36 Å². The number of nitrogens with two attached hydrogens (primary N) is 1. The Morgan fingerprint density at radius 1 is 0.378 bits per heavy atom. The number of phenols is 7. The summed E-state index contributed by atoms with van der Waals surface area (Å²) in [7, 11) is 15.3. The molecule has 5 atom stereocenters. The monoisotopic (exact) mass is 1730 g/mol. The summed E-state index contributed by atoms with van der Waals surface area (Å²) in [5.74, 6) is 5.54. The highest BCUT2D eigenvalue weighted by Crippen LogP contribution is 2.60. The van der Waals surface area contributed by atoms with Gasteiger partial charge in [-0.3, -0.25) is 30.2 Å². The molecule has 20 rings (SSSR count). The first-order valence-electron chi connectivity index (χ1n) is 43.7. The molecule has 0 saturated heterocycles. The van der Waals surface area contributed by atoms with Gasteiger partial charge in [-0.05, 0) is 385 Å². The minimum Gasteiger partial charge on any atom is -0.508 e. The van der Waals surface area contributed by atoms with E-state index in [-0.39, 0.29) is 78.4 Å². The van der Waals surface area contributed by atoms with Gasteiger partial charge in [0.05, 0.1) is 34.0 Å². The quantitative estimate of drug-likeness (QED) is 0.0528. The second kappa shape index (κ2) is 35.1. The summed E-state index contributed by atoms with van der Waals surface area (Å²) in [6.45, 7) is 20.5. The van der Waals surface area contributed by atoms with Gasteiger partial charge in [0, 0.05) is 90.8 Å². The van der Waals surface area contributed by atoms with Crippen LogP contribution in [0.5, 0.6) is 86.2 Å². The SMILES string of the molecule is CCOc1c(O)cc2c3c1-c1cc(C)c(O)cc1CC3N(C)CC2.COc1c(OC(F)(F)F)cc2c3c1-c1cc(C)c(O)cc1CC3N(C)CC2.COc1c(OCC#N)cc2c3c1-c1cc(C)c(O)cc1CC3N(C)CC2.COc1c(OCN)cc2c3c1-c1cc(C)c(O)cc1CC3N(C)CC2.Cc1cc2c(cc1O)CC1c3c(cc(O)c(OC(C)C)c3-2)CCN1C. The van der Waals surface area contributed by atoms with Gasteiger partial charge in [-0.1, -0.05) is 0 Å². The molecule has 9 N–H and O–H groups in total. The number of likely N-dealkylation sites (N-methyl/N-ethyl adjacent to an activating group) is 5. The number of phenolic OH excluding ortho intramolecular Hbond substituents is 7. The summed E-state index contributed by atoms with van der Waals surface area (Å²) in [6.07, 6.45) is 3.76. The number of nitriles is 1. The number of halogens is 3. The number of aromatic hydroxyl groups is 7. The Morgan fingerprint density at radius 2 is 0.638 bits per heavy atom. The number of nitrogens with zero attached hydrogens (tertiary/aromatic N) is 6. The summed E-state index contributed by atoms with van der Waals surface area (Å²) in [5.41, 5.74) is 37.0. The van der Waals surface area contributed by atoms with Crippen molar-refractivity contribution in [3.05, 3.63) is 202 Å². The van der Waals surface area contributed by atoms with Crippen LogP contribution in [0.1, 0.15) is 162 Å². The van der Waals surface area contributed by atoms with Crippen molar-refractivity contribution in [3.8, 4) is 148 Å². The van der Waals surface area contributed by atoms with Crippen molar-refractivity contribution in [1.82, 2.24) is 24.5 Å². The molecule has 0 amide bonds. The molecular weight excluding hydrogens is 1620 g/mol. The highest BCUT2D eigenvalue weighted by molar-refractivity contribution is 5.90. The molecule has 0 spiro atoms. The Labute approximate surface area is 740 Å². The number of hydrogen-bond acceptors (Lipinski definition) is 22. The van der Waals surface area contributed by atoms with E-state index in [4.69, 9.17) is 44.2 Å². The van der Waals surface area contributed by atoms with E-state index in [9.17, 15) is 48.9 Å². The molecule has 10 aromatic rings. The van der Waals surface area contributed by atoms with E-state index >= 15 is 0 Å². The van der Waals surface area contributed by atoms with Crippen molar-refractivity contribution in [3.63, 3.8) is 0 Å². The number of aryl methyl sites for hydroxylation is 5. The third kappa shape index (κ3) is 16.2. The van der Waals surface area contributed by atoms with Crippen molar-refractivity contribution in [1.29, 1.82) is 5.26 Å². The first-order chi connectivity index (χ1) is 60.7. The minimum atomic E-state index is -4.80. The number of fused-ring (bicyclic) bond motifs is 10. The van der Waals surface area contributed by atoms with Crippen LogP contribution in [-0.2, 0) is 64.2 Å². The average Bonchev–Trinajstić information content (AvgIpc) is 0.751. The molecule has 25 heteroatoms. The molecule has 5 aliphatic carbocycles. The predicted molar refractivity (Wildman–Crippen MR) is 483 cm³/mol. The number of hydrogen-bond donors (Lipinski definition) is 8. The van der Waals surface area contributed by atoms with Gasteiger partial charge < -0.3 is 73.6 Å². The number of benzene rings is 10. The lowest BCUT2D eigenvalue weighted by molar-refractivity contribution is -0.275. The van der Waals surface area contributed by atoms with Gasteiger partial charge in [0.15, 0.2) is 64.1 Å². The summed E-state index contributed by atoms with van der Waals surface area (Å²) >= 11 is 0. The molecular formula is C102H114F3N7O15. The maximum atomic E-state index is 13.0. The van der Waals surface area contributed by atoms with Gasteiger partial charge in [0.25, 0.3) is 0 Å². The first kappa shape index (κ1) is 88.7. The molecule has 10 aliphatic rings. The molecule has 0 radical (unpaired) electrons. The summed E-state index contributed by atoms with van der Waals surface area (Å²) in [6, 6.07) is 31.6. The van der Waals surface area contributed by atoms with Crippen LogP contribution in [0.25, 0.3) is 55.6 Å². The maximum Gasteiger partial charge on any atom is 0.573 e. The van der Waals surface area contributed by atoms with E-state index in [1.807, 2.05) is 128 Å². The van der Waals surface area contributed by atoms with Crippen molar-refractivity contribution in [2.24, 2.45) is 5.73 Å². The fourth-order valence-electron chi connectivity index (χ4n) is 21.1. The third-order valence-corrected chi connectivity index (χ3v) is 27.4. The molecule has 0 saturated carbocycles. The second-order valence-corrected chi connectivity index (χ2v) is 35.5. The van der Waals surface area contributed by atoms with Crippen LogP contribution in [0.2, 0.25) is 0 Å². The summed E-state index contributed by atoms with van der Waals surface area (Å²) in [5, 5.41) is 81.0. The second-order valence-electron chi connectivity index (χ2n) is 35.5. The predicted octanol–water partition coefficient (Wildman–Crippen LogP) is 18.0. The Balaban J connectivity index is 0.000000117. The van der Waals surface area contributed by atoms with E-state index in [1.54, 1.807) is 27.2 Å². The number of rotatable bonds is 12. The lowest BCUT2D eigenvalue weighted by Gasteiger charge is -2.40. The lowest BCUT2D eigenvalue weighted by atomic mass is 9.76. The normalized spacial score (nSPS) is 18.5. The topological polar surface area (TPSA) is 281 Å². The number of alkyl halides is 3. The summed E-state index contributed by atoms with van der Waals surface area (Å²) < 4.78 is 83.4. The van der Waals surface area contributed by atoms with Gasteiger partial charge in [-0.25, -0.2) is 0 Å². The lowest BCUT2D eigenvalue weighted by Crippen LogP contribution is -2.36. The van der Waals surface area contributed by atoms with Crippen LogP contribution in [-0.4, -0.2) is 182 Å². The van der Waals surface area contributed by atoms with Crippen molar-refractivity contribution in [2.75, 3.05) is 109 Å². The van der Waals surface area contributed by atoms with Crippen LogP contribution < -0.4 is 43.6 Å². The first-order valence-corrected chi connectivity index (χ1v) is 43.7. The van der Waals surface area contributed by atoms with Gasteiger partial charge in [-0.15, -0.1) is 13.2 Å². The van der Waals surface area contributed by atoms with Crippen LogP contribution in [0.3, 0.4) is 0 Å². The zero-order chi connectivity index (χ0) is 90.5. The Bertz CT molecular complexity index is 6080. The molecule has 0 fully saturated rings. The molecule has 0 aromatic heterocycles. The Hall–Kier alpha value is -11.8. The fourth-order valence-corrected chi connectivity index (χ4v) is 21.1. The standard InChI is InChI=1S/C21H22N2O3.C21H25NO3.C20H20F3NO3.C20H24N2O3.C20H23NO3/c1-12-8-15-14(10-17(12)24)9-16-19-13(4-6-23(16)2)11-18(26-7-5-22)21(25-3)20(15)19;1-11(2)25-21-18(24)9-13-5-6-22(4)16-8-14-10-17(23)12(3)7-15(14)20(21)19(13)16;1-10-6-13-12(8-15(10)25)7-14-17-11(4-5-24(14)2)9-16(27-20(21,22)23)19(26-3)18(13)17;1-11-6-14-13(8-16(11)23)7-15-18-12(4-5-22(15)2)9-17(25-10-21)20(24-3)19(14)18;1-4-24-20-17(23)9-12-5-6-21(3)15-8-13-10-16(22)11(2)7-14(13)19(20)18(12)15/h8,10-11,16,24H,4,6-7,9H2,1-3H3;7,9-11,16,23-24H,5-6,8H2,1-4H3;6,8-9,14,25H,4-5,7H2,1-3H3;6,8-9,15,23H,4-5,7,10,21H2,1-3H3;7,9-10,15,22-23H,4-6,8H2,1-3H3. The zero-order valence-corrected chi connectivity index (χ0v) is 75.1. The van der Waals surface area contributed by atoms with E-state index in [0.29, 0.717) is 82.3 Å². The van der Waals surface area contributed by atoms with Crippen LogP contribution in [0.4, 0.5) is 13.2 Å². The molecule has 5 heterocycles. The molecule has 668 valence electrons. The van der Waals surface area contributed by atoms with Gasteiger partial charge in [0.1, 0.15) is 41.5 Å². The van der Waals surface area contributed by atoms with Crippen molar-refractivity contribution < 1.29 is 86.8 Å². The highest BCUT2D eigenvalue weighted by atomic mass is 19.4. The van der Waals surface area contributed by atoms with Gasteiger partial charge in [0.2, 0.25) is 0 Å².